The Bertz CT molecular complexity index is 1210. The number of carbonyl (C=O) groups excluding carboxylic acids is 2. The molecule has 0 atom stereocenters. The summed E-state index contributed by atoms with van der Waals surface area (Å²) >= 11 is 0. The van der Waals surface area contributed by atoms with Crippen LogP contribution in [0.1, 0.15) is 20.3 Å². The van der Waals surface area contributed by atoms with E-state index >= 15 is 0 Å². The lowest BCUT2D eigenvalue weighted by atomic mass is 10.2. The Morgan fingerprint density at radius 1 is 1.11 bits per heavy atom. The van der Waals surface area contributed by atoms with Crippen molar-refractivity contribution in [3.05, 3.63) is 36.7 Å². The summed E-state index contributed by atoms with van der Waals surface area (Å²) in [6.07, 6.45) is 1.89. The summed E-state index contributed by atoms with van der Waals surface area (Å²) in [5.41, 5.74) is 7.54. The fourth-order valence-electron chi connectivity index (χ4n) is 3.86. The number of nitrogens with one attached hydrogen (secondary N) is 1. The zero-order valence-electron chi connectivity index (χ0n) is 20.6. The zero-order valence-corrected chi connectivity index (χ0v) is 20.6. The summed E-state index contributed by atoms with van der Waals surface area (Å²) in [5, 5.41) is 7.56. The maximum Gasteiger partial charge on any atom is 0.413 e. The van der Waals surface area contributed by atoms with Crippen LogP contribution in [0, 0.1) is 0 Å². The average Bonchev–Trinajstić information content (AvgIpc) is 3.07. The SMILES string of the molecule is CCOC(=O)N(C)c1ccc(Nc2nc(N)n(-c3cc(N4CCCN(C(C)=O)CC4)ncn3)n2)cc1. The van der Waals surface area contributed by atoms with E-state index < -0.39 is 6.09 Å². The van der Waals surface area contributed by atoms with Gasteiger partial charge >= 0.3 is 6.09 Å². The van der Waals surface area contributed by atoms with Gasteiger partial charge in [0.2, 0.25) is 17.8 Å². The summed E-state index contributed by atoms with van der Waals surface area (Å²) in [7, 11) is 1.64. The number of carbonyl (C=O) groups is 2. The van der Waals surface area contributed by atoms with Gasteiger partial charge in [-0.3, -0.25) is 9.69 Å². The third-order valence-electron chi connectivity index (χ3n) is 5.81. The predicted molar refractivity (Wildman–Crippen MR) is 136 cm³/mol. The molecule has 0 unspecified atom stereocenters. The predicted octanol–water partition coefficient (Wildman–Crippen LogP) is 2.03. The molecule has 2 amide bonds. The number of hydrogen-bond donors (Lipinski definition) is 2. The lowest BCUT2D eigenvalue weighted by Gasteiger charge is -2.22. The second kappa shape index (κ2) is 10.9. The molecule has 2 aromatic heterocycles. The lowest BCUT2D eigenvalue weighted by Crippen LogP contribution is -2.33. The summed E-state index contributed by atoms with van der Waals surface area (Å²) < 4.78 is 6.46. The summed E-state index contributed by atoms with van der Waals surface area (Å²) in [6.45, 7) is 6.49. The number of ether oxygens (including phenoxy) is 1. The van der Waals surface area contributed by atoms with Crippen LogP contribution in [0.2, 0.25) is 0 Å². The van der Waals surface area contributed by atoms with Gasteiger partial charge in [0.25, 0.3) is 0 Å². The van der Waals surface area contributed by atoms with Gasteiger partial charge in [0.05, 0.1) is 6.61 Å². The Morgan fingerprint density at radius 3 is 2.58 bits per heavy atom. The molecule has 36 heavy (non-hydrogen) atoms. The standard InChI is InChI=1S/C23H30N10O3/c1-4-36-23(35)30(3)18-8-6-17(7-9-18)27-22-28-21(24)33(29-22)20-14-19(25-15-26-20)32-11-5-10-31(12-13-32)16(2)34/h6-9,14-15H,4-5,10-13H2,1-3H3,(H3,24,27,28,29). The summed E-state index contributed by atoms with van der Waals surface area (Å²) in [5.74, 6) is 1.76. The molecule has 13 nitrogen and oxygen atoms in total. The van der Waals surface area contributed by atoms with Crippen LogP contribution in [0.5, 0.6) is 0 Å². The first-order valence-corrected chi connectivity index (χ1v) is 11.7. The van der Waals surface area contributed by atoms with Gasteiger partial charge in [-0.2, -0.15) is 9.67 Å². The molecule has 3 heterocycles. The highest BCUT2D eigenvalue weighted by Gasteiger charge is 2.19. The van der Waals surface area contributed by atoms with Gasteiger partial charge in [-0.15, -0.1) is 5.10 Å². The highest BCUT2D eigenvalue weighted by atomic mass is 16.6. The van der Waals surface area contributed by atoms with E-state index in [9.17, 15) is 9.59 Å². The molecule has 4 rings (SSSR count). The second-order valence-corrected chi connectivity index (χ2v) is 8.22. The molecule has 190 valence electrons. The molecule has 13 heteroatoms. The number of nitrogen functional groups attached to an aromatic ring is 1. The molecule has 0 spiro atoms. The monoisotopic (exact) mass is 494 g/mol. The molecule has 1 fully saturated rings. The highest BCUT2D eigenvalue weighted by molar-refractivity contribution is 5.87. The Hall–Kier alpha value is -4.42. The van der Waals surface area contributed by atoms with Crippen LogP contribution >= 0.6 is 0 Å². The van der Waals surface area contributed by atoms with Crippen molar-refractivity contribution in [1.29, 1.82) is 0 Å². The number of hydrogen-bond acceptors (Lipinski definition) is 10. The van der Waals surface area contributed by atoms with E-state index in [0.717, 1.165) is 31.0 Å². The van der Waals surface area contributed by atoms with E-state index in [1.165, 1.54) is 15.9 Å². The van der Waals surface area contributed by atoms with E-state index in [1.807, 2.05) is 4.90 Å². The molecule has 1 saturated heterocycles. The summed E-state index contributed by atoms with van der Waals surface area (Å²) in [4.78, 5) is 42.0. The molecule has 1 aliphatic rings. The van der Waals surface area contributed by atoms with E-state index in [2.05, 4.69) is 30.3 Å². The van der Waals surface area contributed by atoms with E-state index in [4.69, 9.17) is 10.5 Å². The quantitative estimate of drug-likeness (QED) is 0.521. The fourth-order valence-corrected chi connectivity index (χ4v) is 3.86. The number of nitrogens with zero attached hydrogens (tertiary/aromatic N) is 8. The van der Waals surface area contributed by atoms with Crippen LogP contribution in [0.25, 0.3) is 5.82 Å². The molecule has 0 radical (unpaired) electrons. The Kier molecular flexibility index (Phi) is 7.47. The topological polar surface area (TPSA) is 148 Å². The van der Waals surface area contributed by atoms with Crippen molar-refractivity contribution in [2.24, 2.45) is 0 Å². The number of anilines is 5. The largest absolute Gasteiger partial charge is 0.449 e. The second-order valence-electron chi connectivity index (χ2n) is 8.22. The Balaban J connectivity index is 1.46. The third kappa shape index (κ3) is 5.62. The van der Waals surface area contributed by atoms with Gasteiger partial charge in [-0.05, 0) is 37.6 Å². The molecule has 0 aliphatic carbocycles. The Labute approximate surface area is 208 Å². The van der Waals surface area contributed by atoms with Crippen LogP contribution in [-0.4, -0.2) is 81.5 Å². The zero-order chi connectivity index (χ0) is 25.7. The maximum atomic E-state index is 11.9. The average molecular weight is 495 g/mol. The first kappa shape index (κ1) is 24.7. The smallest absolute Gasteiger partial charge is 0.413 e. The molecule has 0 bridgehead atoms. The van der Waals surface area contributed by atoms with Crippen molar-refractivity contribution in [2.45, 2.75) is 20.3 Å². The molecular weight excluding hydrogens is 464 g/mol. The van der Waals surface area contributed by atoms with Crippen LogP contribution in [0.15, 0.2) is 36.7 Å². The van der Waals surface area contributed by atoms with Gasteiger partial charge in [0.1, 0.15) is 12.1 Å². The molecule has 1 aromatic carbocycles. The normalized spacial score (nSPS) is 13.8. The van der Waals surface area contributed by atoms with Crippen LogP contribution in [0.3, 0.4) is 0 Å². The molecule has 0 saturated carbocycles. The number of benzene rings is 1. The minimum Gasteiger partial charge on any atom is -0.449 e. The number of aromatic nitrogens is 5. The van der Waals surface area contributed by atoms with Crippen molar-refractivity contribution >= 4 is 41.1 Å². The van der Waals surface area contributed by atoms with Gasteiger partial charge < -0.3 is 25.6 Å². The Morgan fingerprint density at radius 2 is 1.86 bits per heavy atom. The number of nitrogens with two attached hydrogens (primary N) is 1. The number of amides is 2. The van der Waals surface area contributed by atoms with Crippen molar-refractivity contribution < 1.29 is 14.3 Å². The van der Waals surface area contributed by atoms with Crippen molar-refractivity contribution in [3.8, 4) is 5.82 Å². The minimum atomic E-state index is -0.424. The minimum absolute atomic E-state index is 0.0799. The van der Waals surface area contributed by atoms with Gasteiger partial charge in [-0.25, -0.2) is 14.8 Å². The van der Waals surface area contributed by atoms with E-state index in [0.29, 0.717) is 37.1 Å². The maximum absolute atomic E-state index is 11.9. The van der Waals surface area contributed by atoms with Gasteiger partial charge in [-0.1, -0.05) is 0 Å². The molecular formula is C23H30N10O3. The first-order valence-electron chi connectivity index (χ1n) is 11.7. The van der Waals surface area contributed by atoms with Crippen molar-refractivity contribution in [1.82, 2.24) is 29.6 Å². The van der Waals surface area contributed by atoms with Crippen LogP contribution < -0.4 is 20.9 Å². The molecule has 3 N–H and O–H groups in total. The van der Waals surface area contributed by atoms with Crippen LogP contribution in [-0.2, 0) is 9.53 Å². The van der Waals surface area contributed by atoms with Crippen molar-refractivity contribution in [2.75, 3.05) is 60.7 Å². The lowest BCUT2D eigenvalue weighted by molar-refractivity contribution is -0.128. The number of rotatable bonds is 6. The highest BCUT2D eigenvalue weighted by Crippen LogP contribution is 2.22. The third-order valence-corrected chi connectivity index (χ3v) is 5.81. The van der Waals surface area contributed by atoms with Gasteiger partial charge in [0, 0.05) is 57.6 Å². The van der Waals surface area contributed by atoms with E-state index in [1.54, 1.807) is 51.2 Å². The molecule has 1 aliphatic heterocycles. The van der Waals surface area contributed by atoms with Crippen LogP contribution in [0.4, 0.5) is 33.9 Å². The first-order chi connectivity index (χ1) is 17.4. The summed E-state index contributed by atoms with van der Waals surface area (Å²) in [6, 6.07) is 8.97. The molecule has 3 aromatic rings. The van der Waals surface area contributed by atoms with Gasteiger partial charge in [0.15, 0.2) is 5.82 Å². The fraction of sp³-hybridized carbons (Fsp3) is 0.391. The van der Waals surface area contributed by atoms with E-state index in [-0.39, 0.29) is 11.9 Å². The van der Waals surface area contributed by atoms with Crippen molar-refractivity contribution in [3.63, 3.8) is 0 Å².